The predicted molar refractivity (Wildman–Crippen MR) is 72.1 cm³/mol. The lowest BCUT2D eigenvalue weighted by atomic mass is 10.00. The molecule has 108 valence electrons. The molecule has 1 saturated heterocycles. The van der Waals surface area contributed by atoms with Gasteiger partial charge in [0.05, 0.1) is 0 Å². The fourth-order valence-corrected chi connectivity index (χ4v) is 2.42. The second kappa shape index (κ2) is 5.11. The lowest BCUT2D eigenvalue weighted by molar-refractivity contribution is -0.146. The number of carboxylic acid groups (broad SMARTS) is 1. The summed E-state index contributed by atoms with van der Waals surface area (Å²) in [6.45, 7) is 3.54. The molecule has 1 aromatic rings. The number of carbonyl (C=O) groups is 2. The van der Waals surface area contributed by atoms with Gasteiger partial charge >= 0.3 is 12.0 Å². The van der Waals surface area contributed by atoms with Gasteiger partial charge in [0.15, 0.2) is 0 Å². The number of hydrogen-bond acceptors (Lipinski definition) is 2. The Bertz CT molecular complexity index is 561. The van der Waals surface area contributed by atoms with Crippen molar-refractivity contribution in [3.8, 4) is 0 Å². The lowest BCUT2D eigenvalue weighted by Crippen LogP contribution is -2.52. The summed E-state index contributed by atoms with van der Waals surface area (Å²) in [6, 6.07) is 3.76. The van der Waals surface area contributed by atoms with E-state index in [1.54, 1.807) is 6.92 Å². The third kappa shape index (κ3) is 2.45. The van der Waals surface area contributed by atoms with Crippen molar-refractivity contribution in [2.45, 2.75) is 32.2 Å². The molecule has 0 aromatic heterocycles. The summed E-state index contributed by atoms with van der Waals surface area (Å²) in [5.74, 6) is -1.36. The fraction of sp³-hybridized carbons (Fsp3) is 0.429. The summed E-state index contributed by atoms with van der Waals surface area (Å²) < 4.78 is 13.2. The Morgan fingerprint density at radius 1 is 1.45 bits per heavy atom. The van der Waals surface area contributed by atoms with Gasteiger partial charge in [-0.1, -0.05) is 0 Å². The molecule has 2 rings (SSSR count). The molecule has 20 heavy (non-hydrogen) atoms. The van der Waals surface area contributed by atoms with Gasteiger partial charge in [-0.25, -0.2) is 14.0 Å². The number of anilines is 1. The highest BCUT2D eigenvalue weighted by Crippen LogP contribution is 2.30. The molecular weight excluding hydrogens is 263 g/mol. The van der Waals surface area contributed by atoms with Crippen LogP contribution in [-0.2, 0) is 4.79 Å². The van der Waals surface area contributed by atoms with Gasteiger partial charge in [0, 0.05) is 12.2 Å². The lowest BCUT2D eigenvalue weighted by Gasteiger charge is -2.31. The summed E-state index contributed by atoms with van der Waals surface area (Å²) in [7, 11) is 0. The molecule has 0 spiro atoms. The smallest absolute Gasteiger partial charge is 0.329 e. The Morgan fingerprint density at radius 2 is 2.15 bits per heavy atom. The Labute approximate surface area is 116 Å². The van der Waals surface area contributed by atoms with E-state index in [9.17, 15) is 19.1 Å². The number of aliphatic carboxylic acids is 1. The molecule has 1 heterocycles. The first-order valence-corrected chi connectivity index (χ1v) is 6.43. The highest BCUT2D eigenvalue weighted by Gasteiger charge is 2.46. The molecular formula is C14H17FN2O3. The Hall–Kier alpha value is -2.11. The summed E-state index contributed by atoms with van der Waals surface area (Å²) in [5, 5.41) is 11.9. The first kappa shape index (κ1) is 14.3. The second-order valence-electron chi connectivity index (χ2n) is 5.23. The number of carbonyl (C=O) groups excluding carboxylic acids is 1. The molecule has 1 aromatic carbocycles. The Morgan fingerprint density at radius 3 is 2.75 bits per heavy atom. The summed E-state index contributed by atoms with van der Waals surface area (Å²) in [5.41, 5.74) is -0.308. The van der Waals surface area contributed by atoms with Crippen LogP contribution in [0.5, 0.6) is 0 Å². The quantitative estimate of drug-likeness (QED) is 0.874. The van der Waals surface area contributed by atoms with Crippen LogP contribution in [0.4, 0.5) is 14.9 Å². The summed E-state index contributed by atoms with van der Waals surface area (Å²) in [4.78, 5) is 24.8. The van der Waals surface area contributed by atoms with Crippen LogP contribution in [0.15, 0.2) is 18.2 Å². The van der Waals surface area contributed by atoms with E-state index in [0.29, 0.717) is 30.6 Å². The zero-order chi connectivity index (χ0) is 14.9. The molecule has 1 aliphatic rings. The zero-order valence-corrected chi connectivity index (χ0v) is 11.4. The normalized spacial score (nSPS) is 21.9. The van der Waals surface area contributed by atoms with Gasteiger partial charge < -0.3 is 15.3 Å². The van der Waals surface area contributed by atoms with Crippen molar-refractivity contribution in [2.24, 2.45) is 0 Å². The molecule has 1 fully saturated rings. The number of hydrogen-bond donors (Lipinski definition) is 2. The Kier molecular flexibility index (Phi) is 3.65. The van der Waals surface area contributed by atoms with E-state index in [4.69, 9.17) is 0 Å². The van der Waals surface area contributed by atoms with Crippen molar-refractivity contribution in [2.75, 3.05) is 11.9 Å². The van der Waals surface area contributed by atoms with Gasteiger partial charge in [-0.15, -0.1) is 0 Å². The number of halogens is 1. The van der Waals surface area contributed by atoms with Crippen molar-refractivity contribution >= 4 is 17.7 Å². The maximum absolute atomic E-state index is 13.2. The van der Waals surface area contributed by atoms with Gasteiger partial charge in [0.25, 0.3) is 0 Å². The van der Waals surface area contributed by atoms with E-state index in [-0.39, 0.29) is 5.82 Å². The molecule has 2 N–H and O–H groups in total. The second-order valence-corrected chi connectivity index (χ2v) is 5.23. The highest BCUT2D eigenvalue weighted by atomic mass is 19.1. The number of rotatable bonds is 2. The van der Waals surface area contributed by atoms with Gasteiger partial charge in [-0.2, -0.15) is 0 Å². The van der Waals surface area contributed by atoms with Crippen LogP contribution in [0.3, 0.4) is 0 Å². The molecule has 1 aliphatic heterocycles. The van der Waals surface area contributed by atoms with Crippen molar-refractivity contribution in [3.63, 3.8) is 0 Å². The molecule has 0 bridgehead atoms. The Balaban J connectivity index is 2.15. The first-order chi connectivity index (χ1) is 9.34. The van der Waals surface area contributed by atoms with Crippen LogP contribution in [0.2, 0.25) is 0 Å². The monoisotopic (exact) mass is 280 g/mol. The highest BCUT2D eigenvalue weighted by molar-refractivity contribution is 5.94. The summed E-state index contributed by atoms with van der Waals surface area (Å²) in [6.07, 6.45) is 1.08. The van der Waals surface area contributed by atoms with Crippen LogP contribution in [0.1, 0.15) is 25.3 Å². The maximum atomic E-state index is 13.2. The zero-order valence-electron chi connectivity index (χ0n) is 11.4. The molecule has 0 aliphatic carbocycles. The van der Waals surface area contributed by atoms with Crippen molar-refractivity contribution in [1.82, 2.24) is 4.90 Å². The third-order valence-electron chi connectivity index (χ3n) is 3.76. The molecule has 5 nitrogen and oxygen atoms in total. The van der Waals surface area contributed by atoms with Gasteiger partial charge in [-0.05, 0) is 50.5 Å². The van der Waals surface area contributed by atoms with Crippen molar-refractivity contribution < 1.29 is 19.1 Å². The predicted octanol–water partition coefficient (Wildman–Crippen LogP) is 2.61. The summed E-state index contributed by atoms with van der Waals surface area (Å²) >= 11 is 0. The number of benzene rings is 1. The largest absolute Gasteiger partial charge is 0.480 e. The third-order valence-corrected chi connectivity index (χ3v) is 3.76. The molecule has 6 heteroatoms. The molecule has 0 radical (unpaired) electrons. The van der Waals surface area contributed by atoms with Gasteiger partial charge in [-0.3, -0.25) is 0 Å². The van der Waals surface area contributed by atoms with Crippen LogP contribution >= 0.6 is 0 Å². The average Bonchev–Trinajstić information content (AvgIpc) is 2.77. The van der Waals surface area contributed by atoms with Crippen LogP contribution in [0.25, 0.3) is 0 Å². The van der Waals surface area contributed by atoms with E-state index in [1.165, 1.54) is 30.0 Å². The maximum Gasteiger partial charge on any atom is 0.329 e. The number of likely N-dealkylation sites (tertiary alicyclic amines) is 1. The molecule has 0 saturated carbocycles. The number of nitrogens with one attached hydrogen (secondary N) is 1. The van der Waals surface area contributed by atoms with E-state index in [1.807, 2.05) is 0 Å². The fourth-order valence-electron chi connectivity index (χ4n) is 2.42. The van der Waals surface area contributed by atoms with Crippen LogP contribution in [-0.4, -0.2) is 34.1 Å². The number of carboxylic acids is 1. The minimum absolute atomic E-state index is 0.348. The topological polar surface area (TPSA) is 69.6 Å². The molecule has 1 atom stereocenters. The molecule has 2 amide bonds. The molecule has 1 unspecified atom stereocenters. The minimum atomic E-state index is -1.18. The number of aryl methyl sites for hydroxylation is 1. The van der Waals surface area contributed by atoms with Crippen molar-refractivity contribution in [3.05, 3.63) is 29.6 Å². The van der Waals surface area contributed by atoms with E-state index < -0.39 is 17.5 Å². The number of urea groups is 1. The minimum Gasteiger partial charge on any atom is -0.480 e. The SMILES string of the molecule is Cc1cc(NC(=O)N2CCCC2(C)C(=O)O)ccc1F. The first-order valence-electron chi connectivity index (χ1n) is 6.43. The van der Waals surface area contributed by atoms with Crippen LogP contribution < -0.4 is 5.32 Å². The number of nitrogens with zero attached hydrogens (tertiary/aromatic N) is 1. The van der Waals surface area contributed by atoms with E-state index >= 15 is 0 Å². The van der Waals surface area contributed by atoms with Crippen LogP contribution in [0, 0.1) is 12.7 Å². The number of amides is 2. The van der Waals surface area contributed by atoms with Crippen molar-refractivity contribution in [1.29, 1.82) is 0 Å². The van der Waals surface area contributed by atoms with Gasteiger partial charge in [0.2, 0.25) is 0 Å². The van der Waals surface area contributed by atoms with Gasteiger partial charge in [0.1, 0.15) is 11.4 Å². The van der Waals surface area contributed by atoms with E-state index in [2.05, 4.69) is 5.32 Å². The standard InChI is InChI=1S/C14H17FN2O3/c1-9-8-10(4-5-11(9)15)16-13(20)17-7-3-6-14(17,2)12(18)19/h4-5,8H,3,6-7H2,1-2H3,(H,16,20)(H,18,19). The van der Waals surface area contributed by atoms with E-state index in [0.717, 1.165) is 0 Å². The average molecular weight is 280 g/mol.